The monoisotopic (exact) mass is 544 g/mol. The van der Waals surface area contributed by atoms with Crippen LogP contribution >= 0.6 is 22.7 Å². The van der Waals surface area contributed by atoms with E-state index in [-0.39, 0.29) is 0 Å². The average molecular weight is 545 g/mol. The fraction of sp³-hybridized carbons (Fsp3) is 0. The standard InChI is InChI=1S/C38H24S2/c1-3-9-25(10-4-1)27-13-7-15-29(21-27)31-17-19-33-35(23-31)39-38-34-20-18-32(24-36(34)40-37(33)38)30-16-8-14-28(22-30)26-11-5-2-6-12-26/h1-24H. The zero-order chi connectivity index (χ0) is 26.5. The molecule has 6 aromatic carbocycles. The molecule has 0 bridgehead atoms. The second kappa shape index (κ2) is 9.60. The van der Waals surface area contributed by atoms with E-state index in [1.165, 1.54) is 74.1 Å². The van der Waals surface area contributed by atoms with Crippen LogP contribution in [0.4, 0.5) is 0 Å². The van der Waals surface area contributed by atoms with Crippen molar-refractivity contribution in [3.05, 3.63) is 146 Å². The molecule has 0 saturated carbocycles. The van der Waals surface area contributed by atoms with E-state index >= 15 is 0 Å². The van der Waals surface area contributed by atoms with Gasteiger partial charge in [-0.1, -0.05) is 121 Å². The third kappa shape index (κ3) is 4.05. The van der Waals surface area contributed by atoms with Crippen LogP contribution in [0.2, 0.25) is 0 Å². The average Bonchev–Trinajstić information content (AvgIpc) is 3.57. The maximum absolute atomic E-state index is 2.37. The Hall–Kier alpha value is -4.50. The van der Waals surface area contributed by atoms with Crippen molar-refractivity contribution in [1.82, 2.24) is 0 Å². The highest BCUT2D eigenvalue weighted by Gasteiger charge is 2.14. The molecule has 0 aliphatic heterocycles. The molecule has 2 heteroatoms. The molecule has 0 atom stereocenters. The molecule has 188 valence electrons. The largest absolute Gasteiger partial charge is 0.134 e. The van der Waals surface area contributed by atoms with Crippen molar-refractivity contribution in [2.24, 2.45) is 0 Å². The number of thiophene rings is 2. The van der Waals surface area contributed by atoms with Crippen LogP contribution in [0.3, 0.4) is 0 Å². The number of hydrogen-bond donors (Lipinski definition) is 0. The number of benzene rings is 6. The van der Waals surface area contributed by atoms with Crippen LogP contribution in [0, 0.1) is 0 Å². The first-order valence-corrected chi connectivity index (χ1v) is 15.1. The fourth-order valence-electron chi connectivity index (χ4n) is 5.63. The van der Waals surface area contributed by atoms with Gasteiger partial charge in [-0.3, -0.25) is 0 Å². The highest BCUT2D eigenvalue weighted by Crippen LogP contribution is 2.46. The summed E-state index contributed by atoms with van der Waals surface area (Å²) in [7, 11) is 0. The minimum atomic E-state index is 1.25. The predicted molar refractivity (Wildman–Crippen MR) is 176 cm³/mol. The Labute approximate surface area is 241 Å². The highest BCUT2D eigenvalue weighted by molar-refractivity contribution is 7.36. The summed E-state index contributed by atoms with van der Waals surface area (Å²) in [4.78, 5) is 0. The summed E-state index contributed by atoms with van der Waals surface area (Å²) in [6.45, 7) is 0. The molecule has 0 aliphatic carbocycles. The smallest absolute Gasteiger partial charge is 0.0542 e. The molecule has 40 heavy (non-hydrogen) atoms. The van der Waals surface area contributed by atoms with E-state index in [9.17, 15) is 0 Å². The van der Waals surface area contributed by atoms with Crippen molar-refractivity contribution < 1.29 is 0 Å². The Morgan fingerprint density at radius 2 is 0.625 bits per heavy atom. The Bertz CT molecular complexity index is 1990. The van der Waals surface area contributed by atoms with Gasteiger partial charge in [0.2, 0.25) is 0 Å². The zero-order valence-electron chi connectivity index (χ0n) is 21.7. The molecule has 0 nitrogen and oxygen atoms in total. The minimum absolute atomic E-state index is 1.25. The first-order valence-electron chi connectivity index (χ1n) is 13.5. The molecular formula is C38H24S2. The van der Waals surface area contributed by atoms with Crippen LogP contribution in [-0.4, -0.2) is 0 Å². The van der Waals surface area contributed by atoms with Gasteiger partial charge in [-0.25, -0.2) is 0 Å². The van der Waals surface area contributed by atoms with Crippen molar-refractivity contribution in [3.8, 4) is 44.5 Å². The number of fused-ring (bicyclic) bond motifs is 5. The lowest BCUT2D eigenvalue weighted by Gasteiger charge is -2.07. The van der Waals surface area contributed by atoms with Gasteiger partial charge in [0.25, 0.3) is 0 Å². The van der Waals surface area contributed by atoms with E-state index in [0.29, 0.717) is 0 Å². The van der Waals surface area contributed by atoms with Crippen molar-refractivity contribution >= 4 is 52.2 Å². The van der Waals surface area contributed by atoms with Gasteiger partial charge >= 0.3 is 0 Å². The van der Waals surface area contributed by atoms with Crippen LogP contribution < -0.4 is 0 Å². The van der Waals surface area contributed by atoms with Crippen molar-refractivity contribution in [3.63, 3.8) is 0 Å². The summed E-state index contributed by atoms with van der Waals surface area (Å²) in [6, 6.07) is 52.9. The Morgan fingerprint density at radius 3 is 1.05 bits per heavy atom. The van der Waals surface area contributed by atoms with E-state index in [1.807, 2.05) is 22.7 Å². The van der Waals surface area contributed by atoms with Gasteiger partial charge in [0.1, 0.15) is 0 Å². The summed E-state index contributed by atoms with van der Waals surface area (Å²) in [5, 5.41) is 2.72. The summed E-state index contributed by atoms with van der Waals surface area (Å²) in [5.41, 5.74) is 10.1. The second-order valence-electron chi connectivity index (χ2n) is 10.2. The maximum atomic E-state index is 2.37. The SMILES string of the molecule is c1ccc(-c2cccc(-c3ccc4c(c3)sc3c5ccc(-c6cccc(-c7ccccc7)c6)cc5sc43)c2)cc1. The Balaban J connectivity index is 1.17. The van der Waals surface area contributed by atoms with E-state index in [0.717, 1.165) is 0 Å². The van der Waals surface area contributed by atoms with E-state index < -0.39 is 0 Å². The van der Waals surface area contributed by atoms with Gasteiger partial charge in [-0.2, -0.15) is 0 Å². The molecule has 8 aromatic rings. The van der Waals surface area contributed by atoms with E-state index in [2.05, 4.69) is 146 Å². The Kier molecular flexibility index (Phi) is 5.62. The summed E-state index contributed by atoms with van der Waals surface area (Å²) >= 11 is 3.84. The zero-order valence-corrected chi connectivity index (χ0v) is 23.3. The Morgan fingerprint density at radius 1 is 0.275 bits per heavy atom. The molecule has 8 rings (SSSR count). The quantitative estimate of drug-likeness (QED) is 0.207. The third-order valence-corrected chi connectivity index (χ3v) is 10.2. The lowest BCUT2D eigenvalue weighted by molar-refractivity contribution is 1.60. The molecule has 0 spiro atoms. The fourth-order valence-corrected chi connectivity index (χ4v) is 8.37. The molecule has 2 heterocycles. The van der Waals surface area contributed by atoms with E-state index in [1.54, 1.807) is 0 Å². The lowest BCUT2D eigenvalue weighted by Crippen LogP contribution is -1.81. The molecule has 0 N–H and O–H groups in total. The molecule has 0 unspecified atom stereocenters. The first-order chi connectivity index (χ1) is 19.8. The molecule has 0 radical (unpaired) electrons. The van der Waals surface area contributed by atoms with Gasteiger partial charge in [-0.15, -0.1) is 22.7 Å². The highest BCUT2D eigenvalue weighted by atomic mass is 32.1. The van der Waals surface area contributed by atoms with Crippen molar-refractivity contribution in [1.29, 1.82) is 0 Å². The van der Waals surface area contributed by atoms with Gasteiger partial charge in [-0.05, 0) is 68.8 Å². The van der Waals surface area contributed by atoms with Gasteiger partial charge in [0, 0.05) is 20.2 Å². The van der Waals surface area contributed by atoms with Crippen molar-refractivity contribution in [2.75, 3.05) is 0 Å². The molecule has 0 saturated heterocycles. The molecule has 0 amide bonds. The number of hydrogen-bond acceptors (Lipinski definition) is 2. The normalized spacial score (nSPS) is 11.5. The first kappa shape index (κ1) is 23.4. The lowest BCUT2D eigenvalue weighted by atomic mass is 9.98. The minimum Gasteiger partial charge on any atom is -0.134 e. The topological polar surface area (TPSA) is 0 Å². The molecular weight excluding hydrogens is 521 g/mol. The van der Waals surface area contributed by atoms with Crippen LogP contribution in [0.1, 0.15) is 0 Å². The second-order valence-corrected chi connectivity index (χ2v) is 12.3. The predicted octanol–water partition coefficient (Wildman–Crippen LogP) is 11.9. The molecule has 0 fully saturated rings. The molecule has 0 aliphatic rings. The van der Waals surface area contributed by atoms with Crippen LogP contribution in [0.25, 0.3) is 74.1 Å². The van der Waals surface area contributed by atoms with E-state index in [4.69, 9.17) is 0 Å². The van der Waals surface area contributed by atoms with Gasteiger partial charge < -0.3 is 0 Å². The number of rotatable bonds is 4. The maximum Gasteiger partial charge on any atom is 0.0542 e. The van der Waals surface area contributed by atoms with Crippen LogP contribution in [-0.2, 0) is 0 Å². The third-order valence-electron chi connectivity index (χ3n) is 7.69. The summed E-state index contributed by atoms with van der Waals surface area (Å²) in [5.74, 6) is 0. The summed E-state index contributed by atoms with van der Waals surface area (Å²) < 4.78 is 5.50. The molecule has 2 aromatic heterocycles. The van der Waals surface area contributed by atoms with Crippen molar-refractivity contribution in [2.45, 2.75) is 0 Å². The van der Waals surface area contributed by atoms with Crippen LogP contribution in [0.5, 0.6) is 0 Å². The van der Waals surface area contributed by atoms with Gasteiger partial charge in [0.05, 0.1) is 9.40 Å². The summed E-state index contributed by atoms with van der Waals surface area (Å²) in [6.07, 6.45) is 0. The van der Waals surface area contributed by atoms with Gasteiger partial charge in [0.15, 0.2) is 0 Å². The van der Waals surface area contributed by atoms with Crippen LogP contribution in [0.15, 0.2) is 146 Å².